The Balaban J connectivity index is 1.89. The molecule has 0 spiro atoms. The van der Waals surface area contributed by atoms with Gasteiger partial charge in [0.1, 0.15) is 5.82 Å². The number of nitrogens with two attached hydrogens (primary N) is 1. The predicted molar refractivity (Wildman–Crippen MR) is 86.1 cm³/mol. The number of aromatic nitrogens is 1. The molecule has 3 N–H and O–H groups in total. The second kappa shape index (κ2) is 5.22. The standard InChI is InChI=1S/C14H10BrN3OS/c15-9-6-11(13(16)17-7-9)14(19)18-10-1-2-12-8(5-10)3-4-20-12/h1-7H,(H2,16,17)(H,18,19). The molecule has 100 valence electrons. The molecule has 0 fully saturated rings. The van der Waals surface area contributed by atoms with Crippen molar-refractivity contribution < 1.29 is 4.79 Å². The zero-order valence-electron chi connectivity index (χ0n) is 10.3. The topological polar surface area (TPSA) is 68.0 Å². The molecular weight excluding hydrogens is 338 g/mol. The molecule has 2 aromatic heterocycles. The van der Waals surface area contributed by atoms with Crippen molar-refractivity contribution in [2.24, 2.45) is 0 Å². The summed E-state index contributed by atoms with van der Waals surface area (Å²) in [5.74, 6) is -0.0619. The highest BCUT2D eigenvalue weighted by Gasteiger charge is 2.12. The number of nitrogen functional groups attached to an aromatic ring is 1. The molecule has 6 heteroatoms. The molecule has 3 rings (SSSR count). The average Bonchev–Trinajstić information content (AvgIpc) is 2.89. The SMILES string of the molecule is Nc1ncc(Br)cc1C(=O)Nc1ccc2sccc2c1. The van der Waals surface area contributed by atoms with Gasteiger partial charge in [-0.3, -0.25) is 4.79 Å². The number of amides is 1. The van der Waals surface area contributed by atoms with Gasteiger partial charge in [0.05, 0.1) is 5.56 Å². The van der Waals surface area contributed by atoms with Gasteiger partial charge in [0.2, 0.25) is 0 Å². The summed E-state index contributed by atoms with van der Waals surface area (Å²) < 4.78 is 1.90. The van der Waals surface area contributed by atoms with E-state index >= 15 is 0 Å². The van der Waals surface area contributed by atoms with E-state index in [9.17, 15) is 4.79 Å². The van der Waals surface area contributed by atoms with Crippen molar-refractivity contribution in [1.29, 1.82) is 0 Å². The summed E-state index contributed by atoms with van der Waals surface area (Å²) in [5, 5.41) is 5.96. The summed E-state index contributed by atoms with van der Waals surface area (Å²) in [4.78, 5) is 16.2. The molecule has 0 saturated heterocycles. The Morgan fingerprint density at radius 2 is 2.15 bits per heavy atom. The molecule has 1 amide bonds. The first-order valence-electron chi connectivity index (χ1n) is 5.83. The summed E-state index contributed by atoms with van der Waals surface area (Å²) in [7, 11) is 0. The van der Waals surface area contributed by atoms with Crippen molar-refractivity contribution in [1.82, 2.24) is 4.98 Å². The van der Waals surface area contributed by atoms with E-state index in [2.05, 4.69) is 26.2 Å². The van der Waals surface area contributed by atoms with Crippen molar-refractivity contribution in [2.45, 2.75) is 0 Å². The van der Waals surface area contributed by atoms with Gasteiger partial charge in [-0.15, -0.1) is 11.3 Å². The van der Waals surface area contributed by atoms with Gasteiger partial charge in [-0.05, 0) is 57.0 Å². The van der Waals surface area contributed by atoms with E-state index in [0.29, 0.717) is 10.0 Å². The summed E-state index contributed by atoms with van der Waals surface area (Å²) in [5.41, 5.74) is 6.81. The smallest absolute Gasteiger partial charge is 0.259 e. The Labute approximate surface area is 127 Å². The van der Waals surface area contributed by atoms with Gasteiger partial charge in [0.15, 0.2) is 0 Å². The maximum atomic E-state index is 12.2. The first kappa shape index (κ1) is 13.1. The van der Waals surface area contributed by atoms with E-state index in [1.54, 1.807) is 23.6 Å². The van der Waals surface area contributed by atoms with Crippen molar-refractivity contribution in [2.75, 3.05) is 11.1 Å². The molecule has 4 nitrogen and oxygen atoms in total. The van der Waals surface area contributed by atoms with Crippen LogP contribution in [0, 0.1) is 0 Å². The van der Waals surface area contributed by atoms with Crippen LogP contribution in [0.2, 0.25) is 0 Å². The van der Waals surface area contributed by atoms with Crippen molar-refractivity contribution in [3.05, 3.63) is 51.9 Å². The molecule has 0 bridgehead atoms. The first-order chi connectivity index (χ1) is 9.63. The summed E-state index contributed by atoms with van der Waals surface area (Å²) in [6.07, 6.45) is 1.56. The number of nitrogens with zero attached hydrogens (tertiary/aromatic N) is 1. The molecule has 0 radical (unpaired) electrons. The van der Waals surface area contributed by atoms with E-state index in [1.807, 2.05) is 29.6 Å². The fourth-order valence-electron chi connectivity index (χ4n) is 1.87. The van der Waals surface area contributed by atoms with Crippen LogP contribution in [0.3, 0.4) is 0 Å². The lowest BCUT2D eigenvalue weighted by Gasteiger charge is -2.07. The van der Waals surface area contributed by atoms with E-state index in [1.165, 1.54) is 4.70 Å². The highest BCUT2D eigenvalue weighted by molar-refractivity contribution is 9.10. The van der Waals surface area contributed by atoms with Crippen LogP contribution < -0.4 is 11.1 Å². The van der Waals surface area contributed by atoms with Crippen LogP contribution in [0.4, 0.5) is 11.5 Å². The van der Waals surface area contributed by atoms with Gasteiger partial charge in [-0.2, -0.15) is 0 Å². The van der Waals surface area contributed by atoms with Gasteiger partial charge in [-0.1, -0.05) is 0 Å². The molecule has 1 aromatic carbocycles. The molecule has 0 atom stereocenters. The molecular formula is C14H10BrN3OS. The van der Waals surface area contributed by atoms with Crippen molar-refractivity contribution in [3.63, 3.8) is 0 Å². The van der Waals surface area contributed by atoms with E-state index in [0.717, 1.165) is 11.1 Å². The van der Waals surface area contributed by atoms with Crippen molar-refractivity contribution in [3.8, 4) is 0 Å². The van der Waals surface area contributed by atoms with E-state index < -0.39 is 0 Å². The second-order valence-corrected chi connectivity index (χ2v) is 6.08. The fourth-order valence-corrected chi connectivity index (χ4v) is 2.98. The van der Waals surface area contributed by atoms with Gasteiger partial charge in [0.25, 0.3) is 5.91 Å². The highest BCUT2D eigenvalue weighted by atomic mass is 79.9. The Morgan fingerprint density at radius 3 is 3.00 bits per heavy atom. The van der Waals surface area contributed by atoms with E-state index in [-0.39, 0.29) is 11.7 Å². The summed E-state index contributed by atoms with van der Waals surface area (Å²) in [6, 6.07) is 9.47. The molecule has 0 saturated carbocycles. The first-order valence-corrected chi connectivity index (χ1v) is 7.50. The number of hydrogen-bond acceptors (Lipinski definition) is 4. The molecule has 0 aliphatic heterocycles. The maximum Gasteiger partial charge on any atom is 0.259 e. The number of benzene rings is 1. The van der Waals surface area contributed by atoms with Crippen molar-refractivity contribution >= 4 is 54.8 Å². The summed E-state index contributed by atoms with van der Waals surface area (Å²) >= 11 is 4.95. The lowest BCUT2D eigenvalue weighted by atomic mass is 10.2. The Hall–Kier alpha value is -1.92. The third kappa shape index (κ3) is 2.52. The second-order valence-electron chi connectivity index (χ2n) is 4.21. The normalized spacial score (nSPS) is 10.7. The number of anilines is 2. The van der Waals surface area contributed by atoms with Crippen LogP contribution in [0.5, 0.6) is 0 Å². The molecule has 2 heterocycles. The van der Waals surface area contributed by atoms with Crippen LogP contribution in [0.25, 0.3) is 10.1 Å². The molecule has 3 aromatic rings. The number of carbonyl (C=O) groups excluding carboxylic acids is 1. The van der Waals surface area contributed by atoms with E-state index in [4.69, 9.17) is 5.73 Å². The number of fused-ring (bicyclic) bond motifs is 1. The average molecular weight is 348 g/mol. The van der Waals surface area contributed by atoms with Crippen LogP contribution in [-0.2, 0) is 0 Å². The van der Waals surface area contributed by atoms with Crippen LogP contribution >= 0.6 is 27.3 Å². The minimum absolute atomic E-state index is 0.210. The minimum Gasteiger partial charge on any atom is -0.383 e. The van der Waals surface area contributed by atoms with Gasteiger partial charge in [-0.25, -0.2) is 4.98 Å². The third-order valence-electron chi connectivity index (χ3n) is 2.84. The fraction of sp³-hybridized carbons (Fsp3) is 0. The van der Waals surface area contributed by atoms with Gasteiger partial charge < -0.3 is 11.1 Å². The quantitative estimate of drug-likeness (QED) is 0.738. The molecule has 0 unspecified atom stereocenters. The largest absolute Gasteiger partial charge is 0.383 e. The lowest BCUT2D eigenvalue weighted by molar-refractivity contribution is 0.102. The molecule has 20 heavy (non-hydrogen) atoms. The Bertz CT molecular complexity index is 800. The number of thiophene rings is 1. The molecule has 0 aliphatic carbocycles. The summed E-state index contributed by atoms with van der Waals surface area (Å²) in [6.45, 7) is 0. The third-order valence-corrected chi connectivity index (χ3v) is 4.17. The molecule has 0 aliphatic rings. The Morgan fingerprint density at radius 1 is 1.30 bits per heavy atom. The van der Waals surface area contributed by atoms with Gasteiger partial charge >= 0.3 is 0 Å². The predicted octanol–water partition coefficient (Wildman–Crippen LogP) is 3.89. The maximum absolute atomic E-state index is 12.2. The monoisotopic (exact) mass is 347 g/mol. The zero-order valence-corrected chi connectivity index (χ0v) is 12.7. The number of carbonyl (C=O) groups is 1. The number of nitrogens with one attached hydrogen (secondary N) is 1. The Kier molecular flexibility index (Phi) is 3.42. The van der Waals surface area contributed by atoms with Crippen LogP contribution in [0.15, 0.2) is 46.4 Å². The zero-order chi connectivity index (χ0) is 14.1. The number of halogens is 1. The lowest BCUT2D eigenvalue weighted by Crippen LogP contribution is -2.14. The van der Waals surface area contributed by atoms with Crippen LogP contribution in [0.1, 0.15) is 10.4 Å². The van der Waals surface area contributed by atoms with Crippen LogP contribution in [-0.4, -0.2) is 10.9 Å². The number of rotatable bonds is 2. The number of pyridine rings is 1. The minimum atomic E-state index is -0.272. The number of hydrogen-bond donors (Lipinski definition) is 2. The highest BCUT2D eigenvalue weighted by Crippen LogP contribution is 2.25. The van der Waals surface area contributed by atoms with Gasteiger partial charge in [0, 0.05) is 21.1 Å².